The molecule has 1 aromatic carbocycles. The molecule has 0 bridgehead atoms. The van der Waals surface area contributed by atoms with Crippen molar-refractivity contribution in [1.82, 2.24) is 0 Å². The molecule has 0 atom stereocenters. The second kappa shape index (κ2) is 5.99. The fourth-order valence-corrected chi connectivity index (χ4v) is 1.61. The van der Waals surface area contributed by atoms with Gasteiger partial charge in [0.1, 0.15) is 0 Å². The number of halogens is 1. The SMILES string of the molecule is CC(=O)c1cc(C=CCCS)ccc1Cl. The van der Waals surface area contributed by atoms with Crippen LogP contribution in [-0.4, -0.2) is 11.5 Å². The molecule has 15 heavy (non-hydrogen) atoms. The maximum atomic E-state index is 11.2. The summed E-state index contributed by atoms with van der Waals surface area (Å²) in [6.45, 7) is 1.52. The van der Waals surface area contributed by atoms with Crippen LogP contribution < -0.4 is 0 Å². The van der Waals surface area contributed by atoms with Gasteiger partial charge in [-0.3, -0.25) is 4.79 Å². The Morgan fingerprint density at radius 2 is 2.27 bits per heavy atom. The molecule has 1 rings (SSSR count). The van der Waals surface area contributed by atoms with Gasteiger partial charge in [0, 0.05) is 5.56 Å². The molecule has 1 aromatic rings. The van der Waals surface area contributed by atoms with E-state index in [0.29, 0.717) is 10.6 Å². The van der Waals surface area contributed by atoms with E-state index in [1.807, 2.05) is 18.2 Å². The van der Waals surface area contributed by atoms with Gasteiger partial charge in [-0.2, -0.15) is 12.6 Å². The zero-order valence-corrected chi connectivity index (χ0v) is 10.2. The first-order valence-corrected chi connectivity index (χ1v) is 5.74. The minimum absolute atomic E-state index is 0.00977. The number of allylic oxidation sites excluding steroid dienone is 1. The smallest absolute Gasteiger partial charge is 0.161 e. The molecule has 1 nitrogen and oxygen atoms in total. The van der Waals surface area contributed by atoms with Crippen LogP contribution in [-0.2, 0) is 0 Å². The highest BCUT2D eigenvalue weighted by Gasteiger charge is 2.04. The predicted molar refractivity (Wildman–Crippen MR) is 69.0 cm³/mol. The van der Waals surface area contributed by atoms with Gasteiger partial charge < -0.3 is 0 Å². The molecule has 0 saturated carbocycles. The van der Waals surface area contributed by atoms with Gasteiger partial charge >= 0.3 is 0 Å². The normalized spacial score (nSPS) is 10.9. The second-order valence-corrected chi connectivity index (χ2v) is 4.06. The number of ketones is 1. The second-order valence-electron chi connectivity index (χ2n) is 3.21. The van der Waals surface area contributed by atoms with Crippen LogP contribution in [0, 0.1) is 0 Å². The van der Waals surface area contributed by atoms with Crippen molar-refractivity contribution in [3.05, 3.63) is 40.4 Å². The molecule has 0 fully saturated rings. The van der Waals surface area contributed by atoms with Crippen molar-refractivity contribution < 1.29 is 4.79 Å². The van der Waals surface area contributed by atoms with E-state index in [1.165, 1.54) is 6.92 Å². The lowest BCUT2D eigenvalue weighted by atomic mass is 10.1. The van der Waals surface area contributed by atoms with Gasteiger partial charge in [0.05, 0.1) is 5.02 Å². The number of carbonyl (C=O) groups is 1. The number of benzene rings is 1. The van der Waals surface area contributed by atoms with Crippen LogP contribution in [0.5, 0.6) is 0 Å². The highest BCUT2D eigenvalue weighted by Crippen LogP contribution is 2.19. The zero-order chi connectivity index (χ0) is 11.3. The van der Waals surface area contributed by atoms with Crippen LogP contribution in [0.15, 0.2) is 24.3 Å². The van der Waals surface area contributed by atoms with Crippen LogP contribution in [0.4, 0.5) is 0 Å². The Hall–Kier alpha value is -0.730. The van der Waals surface area contributed by atoms with E-state index >= 15 is 0 Å². The molecular weight excluding hydrogens is 228 g/mol. The van der Waals surface area contributed by atoms with E-state index in [4.69, 9.17) is 11.6 Å². The van der Waals surface area contributed by atoms with Crippen LogP contribution in [0.3, 0.4) is 0 Å². The summed E-state index contributed by atoms with van der Waals surface area (Å²) >= 11 is 10.0. The highest BCUT2D eigenvalue weighted by molar-refractivity contribution is 7.80. The fraction of sp³-hybridized carbons (Fsp3) is 0.250. The van der Waals surface area contributed by atoms with E-state index in [9.17, 15) is 4.79 Å². The van der Waals surface area contributed by atoms with Crippen molar-refractivity contribution in [3.8, 4) is 0 Å². The van der Waals surface area contributed by atoms with Crippen molar-refractivity contribution >= 4 is 36.1 Å². The fourth-order valence-electron chi connectivity index (χ4n) is 1.21. The number of hydrogen-bond donors (Lipinski definition) is 1. The molecule has 0 heterocycles. The number of Topliss-reactive ketones (excluding diaryl/α,β-unsaturated/α-hetero) is 1. The van der Waals surface area contributed by atoms with Gasteiger partial charge in [-0.1, -0.05) is 29.8 Å². The standard InChI is InChI=1S/C12H13ClOS/c1-9(14)11-8-10(4-2-3-7-15)5-6-12(11)13/h2,4-6,8,15H,3,7H2,1H3. The lowest BCUT2D eigenvalue weighted by molar-refractivity contribution is 0.101. The third-order valence-electron chi connectivity index (χ3n) is 1.98. The molecule has 0 amide bonds. The molecule has 80 valence electrons. The van der Waals surface area contributed by atoms with Crippen molar-refractivity contribution in [3.63, 3.8) is 0 Å². The Morgan fingerprint density at radius 1 is 1.53 bits per heavy atom. The van der Waals surface area contributed by atoms with Crippen LogP contribution in [0.1, 0.15) is 29.3 Å². The zero-order valence-electron chi connectivity index (χ0n) is 8.53. The van der Waals surface area contributed by atoms with Gasteiger partial charge in [-0.05, 0) is 36.8 Å². The topological polar surface area (TPSA) is 17.1 Å². The molecule has 0 aliphatic heterocycles. The summed E-state index contributed by atoms with van der Waals surface area (Å²) in [4.78, 5) is 11.2. The van der Waals surface area contributed by atoms with Gasteiger partial charge in [-0.25, -0.2) is 0 Å². The first kappa shape index (κ1) is 12.3. The summed E-state index contributed by atoms with van der Waals surface area (Å²) in [6, 6.07) is 5.45. The Morgan fingerprint density at radius 3 is 2.87 bits per heavy atom. The molecule has 0 spiro atoms. The summed E-state index contributed by atoms with van der Waals surface area (Å²) in [5.74, 6) is 0.813. The molecule has 0 aliphatic rings. The van der Waals surface area contributed by atoms with Crippen molar-refractivity contribution in [2.24, 2.45) is 0 Å². The number of hydrogen-bond acceptors (Lipinski definition) is 2. The first-order chi connectivity index (χ1) is 7.15. The summed E-state index contributed by atoms with van der Waals surface area (Å²) < 4.78 is 0. The Balaban J connectivity index is 2.92. The number of rotatable bonds is 4. The number of thiol groups is 1. The molecule has 0 N–H and O–H groups in total. The predicted octanol–water partition coefficient (Wildman–Crippen LogP) is 3.88. The molecule has 0 aromatic heterocycles. The van der Waals surface area contributed by atoms with Crippen molar-refractivity contribution in [1.29, 1.82) is 0 Å². The van der Waals surface area contributed by atoms with Gasteiger partial charge in [0.25, 0.3) is 0 Å². The maximum Gasteiger partial charge on any atom is 0.161 e. The molecule has 0 radical (unpaired) electrons. The van der Waals surface area contributed by atoms with E-state index < -0.39 is 0 Å². The van der Waals surface area contributed by atoms with Crippen molar-refractivity contribution in [2.75, 3.05) is 5.75 Å². The lowest BCUT2D eigenvalue weighted by Gasteiger charge is -2.01. The number of carbonyl (C=O) groups excluding carboxylic acids is 1. The van der Waals surface area contributed by atoms with Crippen LogP contribution >= 0.6 is 24.2 Å². The van der Waals surface area contributed by atoms with Crippen molar-refractivity contribution in [2.45, 2.75) is 13.3 Å². The molecule has 0 unspecified atom stereocenters. The van der Waals surface area contributed by atoms with E-state index in [1.54, 1.807) is 12.1 Å². The van der Waals surface area contributed by atoms with E-state index in [-0.39, 0.29) is 5.78 Å². The average Bonchev–Trinajstić information content (AvgIpc) is 2.20. The lowest BCUT2D eigenvalue weighted by Crippen LogP contribution is -1.93. The molecule has 3 heteroatoms. The van der Waals surface area contributed by atoms with E-state index in [0.717, 1.165) is 17.7 Å². The molecule has 0 saturated heterocycles. The summed E-state index contributed by atoms with van der Waals surface area (Å²) in [6.07, 6.45) is 4.92. The van der Waals surface area contributed by atoms with Gasteiger partial charge in [0.2, 0.25) is 0 Å². The third-order valence-corrected chi connectivity index (χ3v) is 2.56. The Kier molecular flexibility index (Phi) is 4.92. The maximum absolute atomic E-state index is 11.2. The molecular formula is C12H13ClOS. The first-order valence-electron chi connectivity index (χ1n) is 4.73. The monoisotopic (exact) mass is 240 g/mol. The van der Waals surface area contributed by atoms with Gasteiger partial charge in [0.15, 0.2) is 5.78 Å². The van der Waals surface area contributed by atoms with Crippen LogP contribution in [0.25, 0.3) is 6.08 Å². The average molecular weight is 241 g/mol. The van der Waals surface area contributed by atoms with Crippen LogP contribution in [0.2, 0.25) is 5.02 Å². The van der Waals surface area contributed by atoms with Gasteiger partial charge in [-0.15, -0.1) is 0 Å². The summed E-state index contributed by atoms with van der Waals surface area (Å²) in [5, 5.41) is 0.508. The summed E-state index contributed by atoms with van der Waals surface area (Å²) in [5.41, 5.74) is 1.57. The van der Waals surface area contributed by atoms with E-state index in [2.05, 4.69) is 12.6 Å². The summed E-state index contributed by atoms with van der Waals surface area (Å²) in [7, 11) is 0. The minimum Gasteiger partial charge on any atom is -0.294 e. The minimum atomic E-state index is -0.00977. The Labute approximate surface area is 101 Å². The largest absolute Gasteiger partial charge is 0.294 e. The highest BCUT2D eigenvalue weighted by atomic mass is 35.5. The third kappa shape index (κ3) is 3.73. The Bertz CT molecular complexity index is 385. The molecule has 0 aliphatic carbocycles. The quantitative estimate of drug-likeness (QED) is 0.625.